The van der Waals surface area contributed by atoms with E-state index in [4.69, 9.17) is 5.11 Å². The number of anilines is 1. The average Bonchev–Trinajstić information content (AvgIpc) is 2.85. The number of rotatable bonds is 4. The maximum atomic E-state index is 11.9. The molecule has 4 N–H and O–H groups in total. The summed E-state index contributed by atoms with van der Waals surface area (Å²) in [5.74, 6) is -1.61. The number of hydrogen-bond acceptors (Lipinski definition) is 4. The maximum Gasteiger partial charge on any atom is 0.337 e. The fourth-order valence-corrected chi connectivity index (χ4v) is 2.53. The number of aromatic amines is 1. The molecule has 0 unspecified atom stereocenters. The molecule has 100 valence electrons. The van der Waals surface area contributed by atoms with Gasteiger partial charge in [0.1, 0.15) is 10.6 Å². The fraction of sp³-hybridized carbons (Fsp3) is 0. The normalized spacial score (nSPS) is 11.2. The van der Waals surface area contributed by atoms with Gasteiger partial charge in [0.25, 0.3) is 10.0 Å². The molecular weight excluding hydrogens is 272 g/mol. The second kappa shape index (κ2) is 4.65. The lowest BCUT2D eigenvalue weighted by molar-refractivity contribution is 0.0697. The van der Waals surface area contributed by atoms with E-state index in [0.29, 0.717) is 0 Å². The predicted molar refractivity (Wildman–Crippen MR) is 66.7 cm³/mol. The van der Waals surface area contributed by atoms with Crippen molar-refractivity contribution in [2.24, 2.45) is 0 Å². The van der Waals surface area contributed by atoms with Gasteiger partial charge in [-0.3, -0.25) is 4.72 Å². The molecule has 19 heavy (non-hydrogen) atoms. The third-order valence-electron chi connectivity index (χ3n) is 2.36. The summed E-state index contributed by atoms with van der Waals surface area (Å²) in [6.07, 6.45) is 2.70. The molecule has 0 spiro atoms. The van der Waals surface area contributed by atoms with Gasteiger partial charge in [-0.25, -0.2) is 13.2 Å². The van der Waals surface area contributed by atoms with Gasteiger partial charge in [-0.1, -0.05) is 0 Å². The number of H-pyrrole nitrogens is 1. The van der Waals surface area contributed by atoms with Crippen LogP contribution < -0.4 is 4.72 Å². The second-order valence-corrected chi connectivity index (χ2v) is 5.37. The molecule has 7 nitrogen and oxygen atoms in total. The van der Waals surface area contributed by atoms with Gasteiger partial charge in [-0.05, 0) is 24.3 Å². The van der Waals surface area contributed by atoms with E-state index < -0.39 is 16.0 Å². The molecule has 0 saturated heterocycles. The molecule has 0 fully saturated rings. The highest BCUT2D eigenvalue weighted by Crippen LogP contribution is 2.24. The largest absolute Gasteiger partial charge is 0.508 e. The summed E-state index contributed by atoms with van der Waals surface area (Å²) >= 11 is 0. The Morgan fingerprint density at radius 1 is 1.26 bits per heavy atom. The van der Waals surface area contributed by atoms with Crippen molar-refractivity contribution in [1.29, 1.82) is 0 Å². The summed E-state index contributed by atoms with van der Waals surface area (Å²) < 4.78 is 26.0. The summed E-state index contributed by atoms with van der Waals surface area (Å²) in [4.78, 5) is 13.6. The average molecular weight is 282 g/mol. The lowest BCUT2D eigenvalue weighted by Crippen LogP contribution is -2.15. The number of sulfonamides is 1. The quantitative estimate of drug-likeness (QED) is 0.628. The molecule has 1 aromatic heterocycles. The van der Waals surface area contributed by atoms with Crippen LogP contribution in [0, 0.1) is 0 Å². The number of aromatic nitrogens is 1. The molecule has 2 aromatic rings. The van der Waals surface area contributed by atoms with Gasteiger partial charge in [-0.15, -0.1) is 0 Å². The third kappa shape index (κ3) is 2.68. The molecule has 0 aliphatic heterocycles. The van der Waals surface area contributed by atoms with Crippen LogP contribution in [-0.4, -0.2) is 29.6 Å². The Morgan fingerprint density at radius 3 is 2.58 bits per heavy atom. The number of nitrogens with one attached hydrogen (secondary N) is 2. The van der Waals surface area contributed by atoms with E-state index in [1.54, 1.807) is 0 Å². The predicted octanol–water partition coefficient (Wildman–Crippen LogP) is 1.22. The number of benzene rings is 1. The van der Waals surface area contributed by atoms with Crippen LogP contribution in [0.5, 0.6) is 5.75 Å². The molecule has 0 saturated carbocycles. The fourth-order valence-electron chi connectivity index (χ4n) is 1.48. The van der Waals surface area contributed by atoms with Gasteiger partial charge in [0, 0.05) is 12.4 Å². The van der Waals surface area contributed by atoms with Crippen molar-refractivity contribution < 1.29 is 23.4 Å². The summed E-state index contributed by atoms with van der Waals surface area (Å²) in [7, 11) is -3.87. The van der Waals surface area contributed by atoms with E-state index in [9.17, 15) is 18.3 Å². The molecular formula is C11H10N2O5S. The summed E-state index contributed by atoms with van der Waals surface area (Å²) in [5.41, 5.74) is -0.453. The molecule has 0 atom stereocenters. The number of hydrogen-bond donors (Lipinski definition) is 4. The first-order valence-electron chi connectivity index (χ1n) is 5.12. The maximum absolute atomic E-state index is 11.9. The third-order valence-corrected chi connectivity index (χ3v) is 3.72. The zero-order valence-corrected chi connectivity index (χ0v) is 10.3. The summed E-state index contributed by atoms with van der Waals surface area (Å²) in [6.45, 7) is 0. The number of carboxylic acids is 1. The van der Waals surface area contributed by atoms with Crippen molar-refractivity contribution in [3.05, 3.63) is 42.2 Å². The zero-order chi connectivity index (χ0) is 14.0. The Hall–Kier alpha value is -2.48. The number of phenols is 1. The van der Waals surface area contributed by atoms with Gasteiger partial charge in [0.15, 0.2) is 0 Å². The molecule has 1 heterocycles. The highest BCUT2D eigenvalue weighted by molar-refractivity contribution is 7.92. The summed E-state index contributed by atoms with van der Waals surface area (Å²) in [6, 6.07) is 4.69. The van der Waals surface area contributed by atoms with E-state index in [1.807, 2.05) is 0 Å². The van der Waals surface area contributed by atoms with Crippen molar-refractivity contribution in [2.45, 2.75) is 4.90 Å². The van der Waals surface area contributed by atoms with Gasteiger partial charge in [0.05, 0.1) is 11.3 Å². The van der Waals surface area contributed by atoms with Crippen molar-refractivity contribution in [1.82, 2.24) is 4.98 Å². The monoisotopic (exact) mass is 282 g/mol. The van der Waals surface area contributed by atoms with Crippen LogP contribution in [0.1, 0.15) is 10.4 Å². The number of carboxylic acid groups (broad SMARTS) is 1. The second-order valence-electron chi connectivity index (χ2n) is 3.69. The Labute approximate surface area is 108 Å². The van der Waals surface area contributed by atoms with E-state index in [1.165, 1.54) is 30.6 Å². The summed E-state index contributed by atoms with van der Waals surface area (Å²) in [5, 5.41) is 18.2. The van der Waals surface area contributed by atoms with E-state index in [2.05, 4.69) is 9.71 Å². The van der Waals surface area contributed by atoms with Gasteiger partial charge < -0.3 is 15.2 Å². The number of aromatic hydroxyl groups is 1. The van der Waals surface area contributed by atoms with Crippen LogP contribution in [0.2, 0.25) is 0 Å². The Morgan fingerprint density at radius 2 is 2.00 bits per heavy atom. The lowest BCUT2D eigenvalue weighted by atomic mass is 10.2. The van der Waals surface area contributed by atoms with E-state index in [-0.39, 0.29) is 21.9 Å². The molecule has 0 aliphatic rings. The van der Waals surface area contributed by atoms with Crippen LogP contribution in [0.3, 0.4) is 0 Å². The molecule has 0 bridgehead atoms. The Balaban J connectivity index is 2.42. The van der Waals surface area contributed by atoms with Crippen LogP contribution >= 0.6 is 0 Å². The van der Waals surface area contributed by atoms with Crippen LogP contribution in [-0.2, 0) is 10.0 Å². The van der Waals surface area contributed by atoms with E-state index >= 15 is 0 Å². The van der Waals surface area contributed by atoms with Gasteiger partial charge >= 0.3 is 5.97 Å². The van der Waals surface area contributed by atoms with Crippen LogP contribution in [0.15, 0.2) is 41.6 Å². The van der Waals surface area contributed by atoms with Crippen molar-refractivity contribution in [3.63, 3.8) is 0 Å². The first-order valence-corrected chi connectivity index (χ1v) is 6.60. The number of phenolic OH excluding ortho intramolecular Hbond substituents is 1. The topological polar surface area (TPSA) is 119 Å². The van der Waals surface area contributed by atoms with Crippen molar-refractivity contribution in [2.75, 3.05) is 4.72 Å². The van der Waals surface area contributed by atoms with Crippen molar-refractivity contribution in [3.8, 4) is 5.75 Å². The first-order chi connectivity index (χ1) is 8.90. The zero-order valence-electron chi connectivity index (χ0n) is 9.49. The molecule has 0 amide bonds. The minimum absolute atomic E-state index is 0.0167. The molecule has 1 aromatic carbocycles. The van der Waals surface area contributed by atoms with Crippen LogP contribution in [0.25, 0.3) is 0 Å². The molecule has 0 aliphatic carbocycles. The number of carbonyl (C=O) groups is 1. The smallest absolute Gasteiger partial charge is 0.337 e. The van der Waals surface area contributed by atoms with Crippen LogP contribution in [0.4, 0.5) is 5.69 Å². The molecule has 8 heteroatoms. The molecule has 2 rings (SSSR count). The van der Waals surface area contributed by atoms with Crippen molar-refractivity contribution >= 4 is 21.7 Å². The minimum Gasteiger partial charge on any atom is -0.508 e. The highest BCUT2D eigenvalue weighted by Gasteiger charge is 2.19. The Kier molecular flexibility index (Phi) is 3.17. The van der Waals surface area contributed by atoms with Gasteiger partial charge in [0.2, 0.25) is 0 Å². The lowest BCUT2D eigenvalue weighted by Gasteiger charge is -2.09. The first kappa shape index (κ1) is 13.0. The molecule has 0 radical (unpaired) electrons. The Bertz CT molecular complexity index is 707. The van der Waals surface area contributed by atoms with Gasteiger partial charge in [-0.2, -0.15) is 0 Å². The standard InChI is InChI=1S/C11H10N2O5S/c14-7-1-2-10(9(5-7)11(15)16)13-19(17,18)8-3-4-12-6-8/h1-6,12-14H,(H,15,16). The SMILES string of the molecule is O=C(O)c1cc(O)ccc1NS(=O)(=O)c1cc[nH]c1. The number of aromatic carboxylic acids is 1. The van der Waals surface area contributed by atoms with E-state index in [0.717, 1.165) is 6.07 Å². The highest BCUT2D eigenvalue weighted by atomic mass is 32.2. The minimum atomic E-state index is -3.87.